The first-order valence-corrected chi connectivity index (χ1v) is 6.60. The Balaban J connectivity index is 2.04. The van der Waals surface area contributed by atoms with Crippen LogP contribution >= 0.6 is 0 Å². The number of aryl methyl sites for hydroxylation is 1. The van der Waals surface area contributed by atoms with E-state index < -0.39 is 0 Å². The Kier molecular flexibility index (Phi) is 4.20. The van der Waals surface area contributed by atoms with Gasteiger partial charge in [-0.05, 0) is 37.3 Å². The number of nitrogens with zero attached hydrogens (tertiary/aromatic N) is 2. The van der Waals surface area contributed by atoms with Gasteiger partial charge < -0.3 is 4.90 Å². The van der Waals surface area contributed by atoms with Crippen molar-refractivity contribution in [3.05, 3.63) is 23.9 Å². The van der Waals surface area contributed by atoms with Gasteiger partial charge in [-0.25, -0.2) is 4.98 Å². The van der Waals surface area contributed by atoms with E-state index in [0.717, 1.165) is 0 Å². The molecule has 2 rings (SSSR count). The Bertz CT molecular complexity index is 316. The molecule has 1 aliphatic rings. The number of pyridine rings is 1. The average molecular weight is 218 g/mol. The summed E-state index contributed by atoms with van der Waals surface area (Å²) in [7, 11) is 0. The normalized spacial score (nSPS) is 15.7. The zero-order valence-corrected chi connectivity index (χ0v) is 10.3. The van der Waals surface area contributed by atoms with E-state index >= 15 is 0 Å². The van der Waals surface area contributed by atoms with E-state index in [2.05, 4.69) is 28.9 Å². The maximum atomic E-state index is 4.57. The molecule has 88 valence electrons. The van der Waals surface area contributed by atoms with Gasteiger partial charge in [-0.3, -0.25) is 0 Å². The van der Waals surface area contributed by atoms with E-state index in [-0.39, 0.29) is 0 Å². The number of hydrogen-bond acceptors (Lipinski definition) is 2. The quantitative estimate of drug-likeness (QED) is 0.704. The second kappa shape index (κ2) is 5.88. The summed E-state index contributed by atoms with van der Waals surface area (Å²) >= 11 is 0. The van der Waals surface area contributed by atoms with Gasteiger partial charge in [0, 0.05) is 19.3 Å². The van der Waals surface area contributed by atoms with Crippen molar-refractivity contribution in [3.63, 3.8) is 0 Å². The third kappa shape index (κ3) is 2.75. The van der Waals surface area contributed by atoms with Crippen molar-refractivity contribution >= 4 is 5.82 Å². The summed E-state index contributed by atoms with van der Waals surface area (Å²) in [5.41, 5.74) is 1.44. The van der Waals surface area contributed by atoms with Crippen LogP contribution in [0.4, 0.5) is 5.82 Å². The highest BCUT2D eigenvalue weighted by molar-refractivity contribution is 5.47. The molecule has 0 aromatic carbocycles. The second-order valence-corrected chi connectivity index (χ2v) is 4.64. The lowest BCUT2D eigenvalue weighted by atomic mass is 10.1. The molecule has 2 heteroatoms. The minimum atomic E-state index is 1.19. The van der Waals surface area contributed by atoms with Crippen LogP contribution in [0.2, 0.25) is 0 Å². The molecule has 0 radical (unpaired) electrons. The number of aromatic nitrogens is 1. The minimum Gasteiger partial charge on any atom is -0.356 e. The molecule has 0 bridgehead atoms. The minimum absolute atomic E-state index is 1.19. The van der Waals surface area contributed by atoms with Gasteiger partial charge in [0.05, 0.1) is 0 Å². The highest BCUT2D eigenvalue weighted by Gasteiger charge is 2.16. The monoisotopic (exact) mass is 218 g/mol. The molecule has 16 heavy (non-hydrogen) atoms. The van der Waals surface area contributed by atoms with Crippen LogP contribution in [-0.2, 0) is 6.42 Å². The number of hydrogen-bond donors (Lipinski definition) is 0. The molecule has 1 aromatic heterocycles. The Morgan fingerprint density at radius 3 is 2.81 bits per heavy atom. The lowest BCUT2D eigenvalue weighted by Crippen LogP contribution is -2.20. The van der Waals surface area contributed by atoms with Gasteiger partial charge in [0.15, 0.2) is 0 Å². The maximum Gasteiger partial charge on any atom is 0.131 e. The van der Waals surface area contributed by atoms with Gasteiger partial charge in [0.1, 0.15) is 5.82 Å². The Morgan fingerprint density at radius 1 is 1.25 bits per heavy atom. The summed E-state index contributed by atoms with van der Waals surface area (Å²) in [5, 5.41) is 0. The first-order valence-electron chi connectivity index (χ1n) is 6.60. The smallest absolute Gasteiger partial charge is 0.131 e. The van der Waals surface area contributed by atoms with Crippen LogP contribution in [0.25, 0.3) is 0 Å². The Hall–Kier alpha value is -1.05. The topological polar surface area (TPSA) is 16.1 Å². The molecule has 1 aliphatic heterocycles. The standard InChI is InChI=1S/C14H22N2/c1-2-3-4-8-13-9-7-10-15-14(13)16-11-5-6-12-16/h7,9-10H,2-6,8,11-12H2,1H3. The van der Waals surface area contributed by atoms with Crippen molar-refractivity contribution in [1.82, 2.24) is 4.98 Å². The summed E-state index contributed by atoms with van der Waals surface area (Å²) in [6, 6.07) is 4.32. The summed E-state index contributed by atoms with van der Waals surface area (Å²) in [5.74, 6) is 1.25. The van der Waals surface area contributed by atoms with Crippen molar-refractivity contribution < 1.29 is 0 Å². The van der Waals surface area contributed by atoms with E-state index in [0.29, 0.717) is 0 Å². The predicted octanol–water partition coefficient (Wildman–Crippen LogP) is 3.41. The number of rotatable bonds is 5. The van der Waals surface area contributed by atoms with Crippen LogP contribution in [0, 0.1) is 0 Å². The van der Waals surface area contributed by atoms with Crippen molar-refractivity contribution in [2.75, 3.05) is 18.0 Å². The molecule has 0 atom stereocenters. The molecule has 0 spiro atoms. The molecule has 1 aromatic rings. The molecule has 0 unspecified atom stereocenters. The first-order chi connectivity index (χ1) is 7.92. The summed E-state index contributed by atoms with van der Waals surface area (Å²) in [6.45, 7) is 4.64. The molecular formula is C14H22N2. The summed E-state index contributed by atoms with van der Waals surface area (Å²) < 4.78 is 0. The Morgan fingerprint density at radius 2 is 2.06 bits per heavy atom. The van der Waals surface area contributed by atoms with Gasteiger partial charge in [0.2, 0.25) is 0 Å². The first kappa shape index (κ1) is 11.4. The Labute approximate surface area is 98.7 Å². The van der Waals surface area contributed by atoms with Crippen LogP contribution in [0.1, 0.15) is 44.6 Å². The third-order valence-electron chi connectivity index (χ3n) is 3.32. The molecule has 1 fully saturated rings. The van der Waals surface area contributed by atoms with E-state index in [1.807, 2.05) is 6.20 Å². The summed E-state index contributed by atoms with van der Waals surface area (Å²) in [4.78, 5) is 7.01. The highest BCUT2D eigenvalue weighted by atomic mass is 15.2. The highest BCUT2D eigenvalue weighted by Crippen LogP contribution is 2.23. The van der Waals surface area contributed by atoms with Crippen molar-refractivity contribution in [1.29, 1.82) is 0 Å². The molecule has 0 N–H and O–H groups in total. The van der Waals surface area contributed by atoms with Crippen molar-refractivity contribution in [2.24, 2.45) is 0 Å². The summed E-state index contributed by atoms with van der Waals surface area (Å²) in [6.07, 6.45) is 9.68. The third-order valence-corrected chi connectivity index (χ3v) is 3.32. The lowest BCUT2D eigenvalue weighted by Gasteiger charge is -2.19. The van der Waals surface area contributed by atoms with Gasteiger partial charge in [-0.2, -0.15) is 0 Å². The fourth-order valence-corrected chi connectivity index (χ4v) is 2.40. The average Bonchev–Trinajstić information content (AvgIpc) is 2.83. The van der Waals surface area contributed by atoms with E-state index in [9.17, 15) is 0 Å². The van der Waals surface area contributed by atoms with Crippen LogP contribution in [0.15, 0.2) is 18.3 Å². The van der Waals surface area contributed by atoms with Crippen molar-refractivity contribution in [2.45, 2.75) is 45.4 Å². The van der Waals surface area contributed by atoms with Crippen molar-refractivity contribution in [3.8, 4) is 0 Å². The molecule has 0 amide bonds. The molecular weight excluding hydrogens is 196 g/mol. The van der Waals surface area contributed by atoms with E-state index in [4.69, 9.17) is 0 Å². The predicted molar refractivity (Wildman–Crippen MR) is 68.9 cm³/mol. The second-order valence-electron chi connectivity index (χ2n) is 4.64. The fourth-order valence-electron chi connectivity index (χ4n) is 2.40. The molecule has 0 aliphatic carbocycles. The van der Waals surface area contributed by atoms with Gasteiger partial charge in [0.25, 0.3) is 0 Å². The zero-order chi connectivity index (χ0) is 11.2. The zero-order valence-electron chi connectivity index (χ0n) is 10.3. The molecule has 0 saturated carbocycles. The molecule has 2 nitrogen and oxygen atoms in total. The van der Waals surface area contributed by atoms with E-state index in [1.165, 1.54) is 63.0 Å². The van der Waals surface area contributed by atoms with E-state index in [1.54, 1.807) is 0 Å². The van der Waals surface area contributed by atoms with Gasteiger partial charge in [-0.1, -0.05) is 25.8 Å². The van der Waals surface area contributed by atoms with Gasteiger partial charge >= 0.3 is 0 Å². The number of anilines is 1. The van der Waals surface area contributed by atoms with Crippen LogP contribution < -0.4 is 4.90 Å². The lowest BCUT2D eigenvalue weighted by molar-refractivity contribution is 0.713. The number of unbranched alkanes of at least 4 members (excludes halogenated alkanes) is 2. The largest absolute Gasteiger partial charge is 0.356 e. The molecule has 2 heterocycles. The van der Waals surface area contributed by atoms with Gasteiger partial charge in [-0.15, -0.1) is 0 Å². The van der Waals surface area contributed by atoms with Crippen LogP contribution in [0.3, 0.4) is 0 Å². The molecule has 1 saturated heterocycles. The van der Waals surface area contributed by atoms with Crippen LogP contribution in [0.5, 0.6) is 0 Å². The SMILES string of the molecule is CCCCCc1cccnc1N1CCCC1. The van der Waals surface area contributed by atoms with Crippen LogP contribution in [-0.4, -0.2) is 18.1 Å². The maximum absolute atomic E-state index is 4.57. The fraction of sp³-hybridized carbons (Fsp3) is 0.643.